The van der Waals surface area contributed by atoms with Gasteiger partial charge in [0.25, 0.3) is 0 Å². The normalized spacial score (nSPS) is 12.4. The molecule has 1 rings (SSSR count). The quantitative estimate of drug-likeness (QED) is 0.720. The first kappa shape index (κ1) is 13.0. The molecule has 0 saturated carbocycles. The standard InChI is InChI=1S/C13H20FNO/c1-3-12(15-2)11-7-4-5-8-13(11)16-10-6-9-14/h4-5,7-8,12,15H,3,6,9-10H2,1-2H3. The summed E-state index contributed by atoms with van der Waals surface area (Å²) in [6, 6.07) is 8.22. The maximum absolute atomic E-state index is 12.0. The first-order valence-electron chi connectivity index (χ1n) is 5.78. The van der Waals surface area contributed by atoms with Crippen molar-refractivity contribution < 1.29 is 9.13 Å². The van der Waals surface area contributed by atoms with Gasteiger partial charge in [0.2, 0.25) is 0 Å². The van der Waals surface area contributed by atoms with Crippen LogP contribution in [0.1, 0.15) is 31.4 Å². The van der Waals surface area contributed by atoms with Crippen LogP contribution >= 0.6 is 0 Å². The molecule has 1 unspecified atom stereocenters. The van der Waals surface area contributed by atoms with Crippen LogP contribution in [0.2, 0.25) is 0 Å². The van der Waals surface area contributed by atoms with Crippen molar-refractivity contribution in [2.45, 2.75) is 25.8 Å². The van der Waals surface area contributed by atoms with E-state index in [9.17, 15) is 4.39 Å². The molecule has 0 bridgehead atoms. The van der Waals surface area contributed by atoms with Crippen molar-refractivity contribution in [3.63, 3.8) is 0 Å². The average molecular weight is 225 g/mol. The monoisotopic (exact) mass is 225 g/mol. The molecular weight excluding hydrogens is 205 g/mol. The molecule has 0 amide bonds. The zero-order valence-electron chi connectivity index (χ0n) is 10.0. The van der Waals surface area contributed by atoms with Gasteiger partial charge in [0.15, 0.2) is 0 Å². The molecule has 0 aliphatic carbocycles. The lowest BCUT2D eigenvalue weighted by molar-refractivity contribution is 0.284. The second-order valence-corrected chi connectivity index (χ2v) is 3.68. The summed E-state index contributed by atoms with van der Waals surface area (Å²) in [5, 5.41) is 3.24. The van der Waals surface area contributed by atoms with Crippen LogP contribution < -0.4 is 10.1 Å². The van der Waals surface area contributed by atoms with E-state index in [2.05, 4.69) is 18.3 Å². The van der Waals surface area contributed by atoms with Crippen molar-refractivity contribution >= 4 is 0 Å². The molecule has 2 nitrogen and oxygen atoms in total. The van der Waals surface area contributed by atoms with E-state index >= 15 is 0 Å². The molecule has 16 heavy (non-hydrogen) atoms. The molecular formula is C13H20FNO. The van der Waals surface area contributed by atoms with E-state index < -0.39 is 0 Å². The number of para-hydroxylation sites is 1. The van der Waals surface area contributed by atoms with Crippen molar-refractivity contribution in [3.8, 4) is 5.75 Å². The number of hydrogen-bond donors (Lipinski definition) is 1. The van der Waals surface area contributed by atoms with Gasteiger partial charge in [-0.15, -0.1) is 0 Å². The smallest absolute Gasteiger partial charge is 0.124 e. The highest BCUT2D eigenvalue weighted by atomic mass is 19.1. The van der Waals surface area contributed by atoms with Crippen LogP contribution in [0.4, 0.5) is 4.39 Å². The van der Waals surface area contributed by atoms with E-state index in [1.54, 1.807) is 0 Å². The fourth-order valence-corrected chi connectivity index (χ4v) is 1.72. The molecule has 0 aromatic heterocycles. The maximum atomic E-state index is 12.0. The Kier molecular flexibility index (Phi) is 5.86. The van der Waals surface area contributed by atoms with Crippen molar-refractivity contribution in [1.82, 2.24) is 5.32 Å². The van der Waals surface area contributed by atoms with Crippen LogP contribution in [0.25, 0.3) is 0 Å². The predicted molar refractivity (Wildman–Crippen MR) is 64.6 cm³/mol. The van der Waals surface area contributed by atoms with Crippen LogP contribution in [0.15, 0.2) is 24.3 Å². The largest absolute Gasteiger partial charge is 0.493 e. The minimum absolute atomic E-state index is 0.293. The second-order valence-electron chi connectivity index (χ2n) is 3.68. The van der Waals surface area contributed by atoms with E-state index in [-0.39, 0.29) is 6.67 Å². The first-order chi connectivity index (χ1) is 7.83. The lowest BCUT2D eigenvalue weighted by atomic mass is 10.0. The minimum atomic E-state index is -0.328. The number of alkyl halides is 1. The number of nitrogens with one attached hydrogen (secondary N) is 1. The Morgan fingerprint density at radius 3 is 2.75 bits per heavy atom. The molecule has 0 radical (unpaired) electrons. The minimum Gasteiger partial charge on any atom is -0.493 e. The average Bonchev–Trinajstić information content (AvgIpc) is 2.33. The van der Waals surface area contributed by atoms with Crippen LogP contribution in [-0.2, 0) is 0 Å². The first-order valence-corrected chi connectivity index (χ1v) is 5.78. The number of benzene rings is 1. The molecule has 3 heteroatoms. The molecule has 1 aromatic rings. The fourth-order valence-electron chi connectivity index (χ4n) is 1.72. The fraction of sp³-hybridized carbons (Fsp3) is 0.538. The van der Waals surface area contributed by atoms with E-state index in [0.717, 1.165) is 17.7 Å². The summed E-state index contributed by atoms with van der Waals surface area (Å²) in [6.45, 7) is 2.23. The number of rotatable bonds is 7. The SMILES string of the molecule is CCC(NC)c1ccccc1OCCCF. The molecule has 0 fully saturated rings. The van der Waals surface area contributed by atoms with Gasteiger partial charge in [0.1, 0.15) is 5.75 Å². The van der Waals surface area contributed by atoms with Crippen LogP contribution in [0, 0.1) is 0 Å². The van der Waals surface area contributed by atoms with Crippen LogP contribution in [0.3, 0.4) is 0 Å². The van der Waals surface area contributed by atoms with Crippen molar-refractivity contribution in [1.29, 1.82) is 0 Å². The molecule has 0 saturated heterocycles. The summed E-state index contributed by atoms with van der Waals surface area (Å²) in [5.74, 6) is 0.858. The van der Waals surface area contributed by atoms with Gasteiger partial charge in [-0.2, -0.15) is 0 Å². The Balaban J connectivity index is 2.74. The number of hydrogen-bond acceptors (Lipinski definition) is 2. The molecule has 1 aromatic carbocycles. The van der Waals surface area contributed by atoms with Crippen LogP contribution in [-0.4, -0.2) is 20.3 Å². The van der Waals surface area contributed by atoms with Gasteiger partial charge in [-0.3, -0.25) is 4.39 Å². The van der Waals surface area contributed by atoms with Gasteiger partial charge >= 0.3 is 0 Å². The van der Waals surface area contributed by atoms with Crippen molar-refractivity contribution in [3.05, 3.63) is 29.8 Å². The van der Waals surface area contributed by atoms with Gasteiger partial charge in [0, 0.05) is 18.0 Å². The lowest BCUT2D eigenvalue weighted by Gasteiger charge is -2.18. The highest BCUT2D eigenvalue weighted by molar-refractivity contribution is 5.35. The molecule has 90 valence electrons. The Hall–Kier alpha value is -1.09. The molecule has 1 N–H and O–H groups in total. The van der Waals surface area contributed by atoms with Crippen molar-refractivity contribution in [2.75, 3.05) is 20.3 Å². The molecule has 0 heterocycles. The van der Waals surface area contributed by atoms with E-state index in [1.165, 1.54) is 0 Å². The van der Waals surface area contributed by atoms with Gasteiger partial charge in [-0.1, -0.05) is 25.1 Å². The topological polar surface area (TPSA) is 21.3 Å². The van der Waals surface area contributed by atoms with Crippen molar-refractivity contribution in [2.24, 2.45) is 0 Å². The highest BCUT2D eigenvalue weighted by Crippen LogP contribution is 2.26. The third-order valence-corrected chi connectivity index (χ3v) is 2.59. The van der Waals surface area contributed by atoms with Gasteiger partial charge in [-0.25, -0.2) is 0 Å². The Labute approximate surface area is 96.8 Å². The summed E-state index contributed by atoms with van der Waals surface area (Å²) in [6.07, 6.45) is 1.45. The molecule has 1 atom stereocenters. The lowest BCUT2D eigenvalue weighted by Crippen LogP contribution is -2.16. The van der Waals surface area contributed by atoms with Gasteiger partial charge < -0.3 is 10.1 Å². The van der Waals surface area contributed by atoms with Gasteiger partial charge in [-0.05, 0) is 19.5 Å². The summed E-state index contributed by atoms with van der Waals surface area (Å²) in [5.41, 5.74) is 1.14. The Bertz CT molecular complexity index is 300. The maximum Gasteiger partial charge on any atom is 0.124 e. The zero-order valence-corrected chi connectivity index (χ0v) is 10.0. The zero-order chi connectivity index (χ0) is 11.8. The highest BCUT2D eigenvalue weighted by Gasteiger charge is 2.11. The van der Waals surface area contributed by atoms with E-state index in [4.69, 9.17) is 4.74 Å². The van der Waals surface area contributed by atoms with E-state index in [1.807, 2.05) is 25.2 Å². The third kappa shape index (κ3) is 3.49. The predicted octanol–water partition coefficient (Wildman–Crippen LogP) is 3.10. The summed E-state index contributed by atoms with van der Waals surface area (Å²) >= 11 is 0. The summed E-state index contributed by atoms with van der Waals surface area (Å²) in [4.78, 5) is 0. The van der Waals surface area contributed by atoms with Crippen LogP contribution in [0.5, 0.6) is 5.75 Å². The Morgan fingerprint density at radius 1 is 1.38 bits per heavy atom. The van der Waals surface area contributed by atoms with E-state index in [0.29, 0.717) is 19.1 Å². The number of halogens is 1. The summed E-state index contributed by atoms with van der Waals surface area (Å²) < 4.78 is 17.6. The molecule has 0 aliphatic heterocycles. The van der Waals surface area contributed by atoms with Gasteiger partial charge in [0.05, 0.1) is 13.3 Å². The third-order valence-electron chi connectivity index (χ3n) is 2.59. The molecule has 0 spiro atoms. The number of ether oxygens (including phenoxy) is 1. The summed E-state index contributed by atoms with van der Waals surface area (Å²) in [7, 11) is 1.94. The second kappa shape index (κ2) is 7.23. The molecule has 0 aliphatic rings. The Morgan fingerprint density at radius 2 is 2.12 bits per heavy atom.